The fraction of sp³-hybridized carbons (Fsp3) is 0.250. The van der Waals surface area contributed by atoms with Crippen molar-refractivity contribution in [2.75, 3.05) is 41.7 Å². The summed E-state index contributed by atoms with van der Waals surface area (Å²) in [5.41, 5.74) is 1.69. The van der Waals surface area contributed by atoms with E-state index in [0.29, 0.717) is 33.8 Å². The lowest BCUT2D eigenvalue weighted by atomic mass is 9.96. The van der Waals surface area contributed by atoms with Gasteiger partial charge >= 0.3 is 11.9 Å². The zero-order valence-corrected chi connectivity index (χ0v) is 28.2. The van der Waals surface area contributed by atoms with Crippen molar-refractivity contribution >= 4 is 57.3 Å². The van der Waals surface area contributed by atoms with Gasteiger partial charge in [-0.2, -0.15) is 0 Å². The lowest BCUT2D eigenvalue weighted by Gasteiger charge is -2.14. The topological polar surface area (TPSA) is 89.5 Å². The minimum Gasteiger partial charge on any atom is -0.495 e. The number of hydrogen-bond acceptors (Lipinski definition) is 12. The van der Waals surface area contributed by atoms with E-state index in [1.165, 1.54) is 45.3 Å². The Morgan fingerprint density at radius 2 is 0.955 bits per heavy atom. The Labute approximate surface area is 271 Å². The molecule has 0 atom stereocenters. The van der Waals surface area contributed by atoms with Gasteiger partial charge in [0.15, 0.2) is 0 Å². The molecule has 1 aromatic carbocycles. The van der Waals surface area contributed by atoms with Gasteiger partial charge in [-0.1, -0.05) is 0 Å². The zero-order chi connectivity index (χ0) is 31.4. The number of hydrogen-bond donors (Lipinski definition) is 0. The average molecular weight is 671 g/mol. The summed E-state index contributed by atoms with van der Waals surface area (Å²) in [6, 6.07) is 10.9. The first kappa shape index (κ1) is 31.6. The van der Waals surface area contributed by atoms with Gasteiger partial charge in [-0.15, -0.1) is 45.3 Å². The monoisotopic (exact) mass is 670 g/mol. The Hall–Kier alpha value is -3.84. The van der Waals surface area contributed by atoms with Crippen LogP contribution < -0.4 is 18.9 Å². The van der Waals surface area contributed by atoms with Gasteiger partial charge in [0.1, 0.15) is 23.0 Å². The summed E-state index contributed by atoms with van der Waals surface area (Å²) in [4.78, 5) is 32.0. The lowest BCUT2D eigenvalue weighted by Crippen LogP contribution is -2.11. The maximum Gasteiger partial charge on any atom is 0.338 e. The highest BCUT2D eigenvalue weighted by Gasteiger charge is 2.28. The van der Waals surface area contributed by atoms with Crippen molar-refractivity contribution in [1.82, 2.24) is 0 Å². The Morgan fingerprint density at radius 3 is 1.30 bits per heavy atom. The standard InChI is InChI=1S/C32H30O8S4/c1-7-39-31(33)19-13-18(26-16-24(38-6)30(44-26)28-22(36-4)10-12-42-28)20(32(34)40-8-2)14-17(19)25-15-23(37-5)29(43-25)27-21(35-3)9-11-41-27/h9-16H,7-8H2,1-6H3. The Morgan fingerprint density at radius 1 is 0.568 bits per heavy atom. The molecule has 12 heteroatoms. The molecule has 230 valence electrons. The van der Waals surface area contributed by atoms with E-state index in [4.69, 9.17) is 28.4 Å². The number of methoxy groups -OCH3 is 4. The van der Waals surface area contributed by atoms with Crippen LogP contribution in [0.1, 0.15) is 34.6 Å². The van der Waals surface area contributed by atoms with Crippen LogP contribution in [0, 0.1) is 0 Å². The summed E-state index contributed by atoms with van der Waals surface area (Å²) >= 11 is 5.93. The SMILES string of the molecule is CCOC(=O)c1cc(-c2cc(OC)c(-c3sccc3OC)s2)c(C(=O)OCC)cc1-c1cc(OC)c(-c2sccc2OC)s1. The highest BCUT2D eigenvalue weighted by molar-refractivity contribution is 7.24. The summed E-state index contributed by atoms with van der Waals surface area (Å²) in [6.45, 7) is 3.89. The van der Waals surface area contributed by atoms with Crippen molar-refractivity contribution in [1.29, 1.82) is 0 Å². The van der Waals surface area contributed by atoms with E-state index in [0.717, 1.165) is 40.8 Å². The number of carbonyl (C=O) groups is 2. The van der Waals surface area contributed by atoms with E-state index < -0.39 is 11.9 Å². The predicted octanol–water partition coefficient (Wildman–Crippen LogP) is 8.99. The van der Waals surface area contributed by atoms with E-state index in [1.54, 1.807) is 54.4 Å². The minimum atomic E-state index is -0.509. The molecule has 0 aliphatic carbocycles. The minimum absolute atomic E-state index is 0.188. The number of carbonyl (C=O) groups excluding carboxylic acids is 2. The van der Waals surface area contributed by atoms with Crippen molar-refractivity contribution in [3.63, 3.8) is 0 Å². The van der Waals surface area contributed by atoms with Gasteiger partial charge < -0.3 is 28.4 Å². The summed E-state index contributed by atoms with van der Waals surface area (Å²) in [5, 5.41) is 3.89. The maximum atomic E-state index is 13.5. The molecule has 4 aromatic heterocycles. The molecule has 0 spiro atoms. The summed E-state index contributed by atoms with van der Waals surface area (Å²) in [7, 11) is 6.43. The second-order valence-corrected chi connectivity index (χ2v) is 13.0. The van der Waals surface area contributed by atoms with E-state index in [-0.39, 0.29) is 13.2 Å². The van der Waals surface area contributed by atoms with Gasteiger partial charge in [0, 0.05) is 20.9 Å². The number of esters is 2. The first-order valence-corrected chi connectivity index (χ1v) is 16.9. The first-order valence-electron chi connectivity index (χ1n) is 13.5. The van der Waals surface area contributed by atoms with E-state index in [1.807, 2.05) is 35.0 Å². The van der Waals surface area contributed by atoms with E-state index in [9.17, 15) is 9.59 Å². The highest BCUT2D eigenvalue weighted by atomic mass is 32.1. The maximum absolute atomic E-state index is 13.5. The molecule has 0 bridgehead atoms. The van der Waals surface area contributed by atoms with Crippen LogP contribution in [-0.2, 0) is 9.47 Å². The Bertz CT molecular complexity index is 1660. The number of rotatable bonds is 12. The normalized spacial score (nSPS) is 10.9. The molecule has 0 saturated carbocycles. The molecular weight excluding hydrogens is 641 g/mol. The van der Waals surface area contributed by atoms with Crippen molar-refractivity contribution in [2.24, 2.45) is 0 Å². The molecule has 0 saturated heterocycles. The molecule has 8 nitrogen and oxygen atoms in total. The van der Waals surface area contributed by atoms with Crippen LogP contribution in [0.2, 0.25) is 0 Å². The zero-order valence-electron chi connectivity index (χ0n) is 24.9. The molecule has 0 fully saturated rings. The van der Waals surface area contributed by atoms with Gasteiger partial charge in [0.2, 0.25) is 0 Å². The number of thiophene rings is 4. The van der Waals surface area contributed by atoms with Gasteiger partial charge in [-0.05, 0) is 61.0 Å². The smallest absolute Gasteiger partial charge is 0.338 e. The predicted molar refractivity (Wildman–Crippen MR) is 178 cm³/mol. The lowest BCUT2D eigenvalue weighted by molar-refractivity contribution is 0.0513. The van der Waals surface area contributed by atoms with Crippen LogP contribution in [0.15, 0.2) is 47.2 Å². The molecule has 0 unspecified atom stereocenters. The van der Waals surface area contributed by atoms with Crippen LogP contribution >= 0.6 is 45.3 Å². The molecule has 0 amide bonds. The molecule has 0 aliphatic heterocycles. The third kappa shape index (κ3) is 5.94. The molecule has 5 rings (SSSR count). The third-order valence-corrected chi connectivity index (χ3v) is 11.0. The molecule has 0 N–H and O–H groups in total. The van der Waals surface area contributed by atoms with Crippen LogP contribution in [0.3, 0.4) is 0 Å². The van der Waals surface area contributed by atoms with Crippen molar-refractivity contribution in [3.8, 4) is 63.4 Å². The van der Waals surface area contributed by atoms with Crippen LogP contribution in [0.5, 0.6) is 23.0 Å². The molecule has 44 heavy (non-hydrogen) atoms. The first-order chi connectivity index (χ1) is 21.4. The molecule has 5 aromatic rings. The van der Waals surface area contributed by atoms with E-state index >= 15 is 0 Å². The van der Waals surface area contributed by atoms with E-state index in [2.05, 4.69) is 0 Å². The van der Waals surface area contributed by atoms with Gasteiger partial charge in [-0.3, -0.25) is 0 Å². The van der Waals surface area contributed by atoms with Gasteiger partial charge in [0.25, 0.3) is 0 Å². The van der Waals surface area contributed by atoms with Crippen LogP contribution in [-0.4, -0.2) is 53.6 Å². The number of benzene rings is 1. The highest BCUT2D eigenvalue weighted by Crippen LogP contribution is 2.51. The second kappa shape index (κ2) is 13.9. The Balaban J connectivity index is 1.75. The van der Waals surface area contributed by atoms with Crippen LogP contribution in [0.25, 0.3) is 40.4 Å². The largest absolute Gasteiger partial charge is 0.495 e. The second-order valence-electron chi connectivity index (χ2n) is 9.04. The molecule has 0 radical (unpaired) electrons. The third-order valence-electron chi connectivity index (χ3n) is 6.63. The molecular formula is C32H30O8S4. The van der Waals surface area contributed by atoms with Gasteiger partial charge in [0.05, 0.1) is 72.3 Å². The summed E-state index contributed by atoms with van der Waals surface area (Å²) < 4.78 is 33.6. The average Bonchev–Trinajstić information content (AvgIpc) is 3.85. The van der Waals surface area contributed by atoms with Crippen molar-refractivity contribution < 1.29 is 38.0 Å². The Kier molecular flexibility index (Phi) is 9.94. The molecule has 4 heterocycles. The number of ether oxygens (including phenoxy) is 6. The molecule has 0 aliphatic rings. The van der Waals surface area contributed by atoms with Crippen molar-refractivity contribution in [2.45, 2.75) is 13.8 Å². The summed E-state index contributed by atoms with van der Waals surface area (Å²) in [6.07, 6.45) is 0. The fourth-order valence-corrected chi connectivity index (χ4v) is 8.99. The quantitative estimate of drug-likeness (QED) is 0.122. The van der Waals surface area contributed by atoms with Crippen LogP contribution in [0.4, 0.5) is 0 Å². The summed E-state index contributed by atoms with van der Waals surface area (Å²) in [5.74, 6) is 1.68. The van der Waals surface area contributed by atoms with Gasteiger partial charge in [-0.25, -0.2) is 9.59 Å². The van der Waals surface area contributed by atoms with Crippen molar-refractivity contribution in [3.05, 3.63) is 58.3 Å². The fourth-order valence-electron chi connectivity index (χ4n) is 4.64.